The van der Waals surface area contributed by atoms with Crippen LogP contribution in [0.15, 0.2) is 53.6 Å². The van der Waals surface area contributed by atoms with Crippen LogP contribution in [0.1, 0.15) is 53.6 Å². The SMILES string of the molecule is COc1cc(-c2cn(C)c(=O)c3cnc(N(C)C)cc23)cc(OC)c1CN1CCN(CCC2CCN(c3ccc4c(c3)CN(C3CCC(=O)NC3=O)C4=O)CC2)CC1. The number of pyridine rings is 2. The number of nitrogens with zero attached hydrogens (tertiary/aromatic N) is 7. The van der Waals surface area contributed by atoms with Crippen LogP contribution < -0.4 is 30.1 Å². The fraction of sp³-hybridized carbons (Fsp3) is 0.477. The summed E-state index contributed by atoms with van der Waals surface area (Å²) in [6.45, 7) is 8.12. The standard InChI is InChI=1S/C44H54N8O6/c1-47(2)40-23-33-34(24-45-40)43(55)48(3)26-35(33)29-21-38(57-4)36(39(22-29)58-5)27-50-18-16-49(17-19-50)13-10-28-11-14-51(15-12-28)31-6-7-32-30(20-31)25-52(44(32)56)37-8-9-41(53)46-42(37)54/h6-7,20-24,26,28,37H,8-19,25,27H2,1-5H3,(H,46,53,54). The molecule has 4 aliphatic rings. The van der Waals surface area contributed by atoms with Crippen LogP contribution in [0.25, 0.3) is 21.9 Å². The van der Waals surface area contributed by atoms with Crippen molar-refractivity contribution >= 4 is 40.0 Å². The third kappa shape index (κ3) is 7.74. The highest BCUT2D eigenvalue weighted by Gasteiger charge is 2.39. The highest BCUT2D eigenvalue weighted by molar-refractivity contribution is 6.05. The van der Waals surface area contributed by atoms with Gasteiger partial charge in [0.25, 0.3) is 11.5 Å². The minimum Gasteiger partial charge on any atom is -0.496 e. The highest BCUT2D eigenvalue weighted by Crippen LogP contribution is 2.39. The number of carbonyl (C=O) groups is 3. The zero-order chi connectivity index (χ0) is 40.7. The van der Waals surface area contributed by atoms with Crippen LogP contribution in [-0.2, 0) is 29.7 Å². The summed E-state index contributed by atoms with van der Waals surface area (Å²) in [4.78, 5) is 65.8. The number of anilines is 2. The number of fused-ring (bicyclic) bond motifs is 2. The number of piperidine rings is 2. The molecule has 3 saturated heterocycles. The topological polar surface area (TPSA) is 133 Å². The average molecular weight is 791 g/mol. The summed E-state index contributed by atoms with van der Waals surface area (Å²) in [5.74, 6) is 2.19. The van der Waals surface area contributed by atoms with Gasteiger partial charge in [-0.3, -0.25) is 29.4 Å². The quantitative estimate of drug-likeness (QED) is 0.222. The predicted molar refractivity (Wildman–Crippen MR) is 224 cm³/mol. The molecule has 3 amide bonds. The molecular formula is C44H54N8O6. The summed E-state index contributed by atoms with van der Waals surface area (Å²) in [5, 5.41) is 3.78. The number of aryl methyl sites for hydroxylation is 1. The first-order valence-electron chi connectivity index (χ1n) is 20.4. The normalized spacial score (nSPS) is 19.5. The molecule has 0 radical (unpaired) electrons. The number of carbonyl (C=O) groups excluding carboxylic acids is 3. The van der Waals surface area contributed by atoms with Gasteiger partial charge in [0.05, 0.1) is 25.2 Å². The van der Waals surface area contributed by atoms with Gasteiger partial charge in [-0.1, -0.05) is 0 Å². The summed E-state index contributed by atoms with van der Waals surface area (Å²) in [6.07, 6.45) is 7.61. The number of aromatic nitrogens is 2. The molecule has 306 valence electrons. The third-order valence-electron chi connectivity index (χ3n) is 12.6. The van der Waals surface area contributed by atoms with Crippen molar-refractivity contribution in [1.82, 2.24) is 29.6 Å². The maximum Gasteiger partial charge on any atom is 0.259 e. The minimum atomic E-state index is -0.595. The van der Waals surface area contributed by atoms with Crippen molar-refractivity contribution in [3.05, 3.63) is 75.8 Å². The lowest BCUT2D eigenvalue weighted by molar-refractivity contribution is -0.136. The summed E-state index contributed by atoms with van der Waals surface area (Å²) < 4.78 is 13.6. The van der Waals surface area contributed by atoms with E-state index in [1.54, 1.807) is 36.9 Å². The smallest absolute Gasteiger partial charge is 0.259 e. The second kappa shape index (κ2) is 16.4. The van der Waals surface area contributed by atoms with Gasteiger partial charge in [0, 0.05) is 115 Å². The van der Waals surface area contributed by atoms with Gasteiger partial charge in [-0.2, -0.15) is 0 Å². The zero-order valence-electron chi connectivity index (χ0n) is 34.3. The molecule has 0 aliphatic carbocycles. The van der Waals surface area contributed by atoms with Crippen molar-refractivity contribution in [3.63, 3.8) is 0 Å². The van der Waals surface area contributed by atoms with Crippen LogP contribution in [0, 0.1) is 5.92 Å². The first-order valence-corrected chi connectivity index (χ1v) is 20.4. The monoisotopic (exact) mass is 790 g/mol. The molecule has 4 aliphatic heterocycles. The summed E-state index contributed by atoms with van der Waals surface area (Å²) >= 11 is 0. The Morgan fingerprint density at radius 3 is 2.22 bits per heavy atom. The number of nitrogens with one attached hydrogen (secondary N) is 1. The van der Waals surface area contributed by atoms with Crippen molar-refractivity contribution in [2.45, 2.75) is 51.2 Å². The molecule has 0 spiro atoms. The molecule has 1 atom stereocenters. The number of benzene rings is 2. The van der Waals surface area contributed by atoms with E-state index < -0.39 is 6.04 Å². The Balaban J connectivity index is 0.842. The molecule has 1 unspecified atom stereocenters. The Morgan fingerprint density at radius 2 is 1.55 bits per heavy atom. The molecule has 1 N–H and O–H groups in total. The van der Waals surface area contributed by atoms with Crippen LogP contribution in [-0.4, -0.2) is 122 Å². The van der Waals surface area contributed by atoms with Crippen molar-refractivity contribution < 1.29 is 23.9 Å². The Bertz CT molecular complexity index is 2270. The van der Waals surface area contributed by atoms with E-state index in [2.05, 4.69) is 43.2 Å². The minimum absolute atomic E-state index is 0.0910. The lowest BCUT2D eigenvalue weighted by atomic mass is 9.92. The summed E-state index contributed by atoms with van der Waals surface area (Å²) in [7, 11) is 9.04. The number of ether oxygens (including phenoxy) is 2. The van der Waals surface area contributed by atoms with Crippen molar-refractivity contribution in [2.75, 3.05) is 83.9 Å². The molecule has 6 heterocycles. The Kier molecular flexibility index (Phi) is 11.1. The number of hydrogen-bond donors (Lipinski definition) is 1. The lowest BCUT2D eigenvalue weighted by Crippen LogP contribution is -2.52. The number of imide groups is 1. The van der Waals surface area contributed by atoms with E-state index in [4.69, 9.17) is 9.47 Å². The van der Waals surface area contributed by atoms with Gasteiger partial charge in [-0.05, 0) is 85.7 Å². The molecule has 2 aromatic heterocycles. The van der Waals surface area contributed by atoms with E-state index in [0.717, 1.165) is 109 Å². The largest absolute Gasteiger partial charge is 0.496 e. The second-order valence-corrected chi connectivity index (χ2v) is 16.4. The van der Waals surface area contributed by atoms with E-state index >= 15 is 0 Å². The van der Waals surface area contributed by atoms with Crippen LogP contribution in [0.2, 0.25) is 0 Å². The number of piperazine rings is 1. The third-order valence-corrected chi connectivity index (χ3v) is 12.6. The maximum atomic E-state index is 13.2. The number of hydrogen-bond acceptors (Lipinski definition) is 11. The Labute approximate surface area is 339 Å². The maximum absolute atomic E-state index is 13.2. The first-order chi connectivity index (χ1) is 28.0. The van der Waals surface area contributed by atoms with E-state index in [9.17, 15) is 19.2 Å². The van der Waals surface area contributed by atoms with Crippen molar-refractivity contribution in [2.24, 2.45) is 13.0 Å². The molecule has 58 heavy (non-hydrogen) atoms. The lowest BCUT2D eigenvalue weighted by Gasteiger charge is -2.37. The molecule has 14 nitrogen and oxygen atoms in total. The van der Waals surface area contributed by atoms with Gasteiger partial charge < -0.3 is 33.6 Å². The summed E-state index contributed by atoms with van der Waals surface area (Å²) in [5.41, 5.74) is 5.48. The van der Waals surface area contributed by atoms with Gasteiger partial charge in [0.2, 0.25) is 11.8 Å². The van der Waals surface area contributed by atoms with E-state index in [-0.39, 0.29) is 29.7 Å². The average Bonchev–Trinajstić information content (AvgIpc) is 3.56. The molecule has 14 heteroatoms. The predicted octanol–water partition coefficient (Wildman–Crippen LogP) is 3.87. The van der Waals surface area contributed by atoms with E-state index in [1.807, 2.05) is 43.4 Å². The van der Waals surface area contributed by atoms with Gasteiger partial charge in [-0.25, -0.2) is 4.98 Å². The van der Waals surface area contributed by atoms with Gasteiger partial charge in [0.1, 0.15) is 23.4 Å². The molecule has 0 saturated carbocycles. The molecular weight excluding hydrogens is 737 g/mol. The fourth-order valence-corrected chi connectivity index (χ4v) is 9.12. The second-order valence-electron chi connectivity index (χ2n) is 16.4. The van der Waals surface area contributed by atoms with Crippen LogP contribution in [0.5, 0.6) is 11.5 Å². The fourth-order valence-electron chi connectivity index (χ4n) is 9.12. The number of amides is 3. The van der Waals surface area contributed by atoms with Gasteiger partial charge in [-0.15, -0.1) is 0 Å². The highest BCUT2D eigenvalue weighted by atomic mass is 16.5. The number of methoxy groups -OCH3 is 2. The van der Waals surface area contributed by atoms with Crippen LogP contribution >= 0.6 is 0 Å². The Hall–Kier alpha value is -5.47. The van der Waals surface area contributed by atoms with Crippen LogP contribution in [0.3, 0.4) is 0 Å². The van der Waals surface area contributed by atoms with Crippen molar-refractivity contribution in [3.8, 4) is 22.6 Å². The molecule has 8 rings (SSSR count). The molecule has 3 fully saturated rings. The molecule has 0 bridgehead atoms. The van der Waals surface area contributed by atoms with Gasteiger partial charge >= 0.3 is 0 Å². The molecule has 2 aromatic carbocycles. The van der Waals surface area contributed by atoms with Crippen molar-refractivity contribution in [1.29, 1.82) is 0 Å². The van der Waals surface area contributed by atoms with E-state index in [0.29, 0.717) is 36.4 Å². The van der Waals surface area contributed by atoms with E-state index in [1.165, 1.54) is 6.42 Å². The first kappa shape index (κ1) is 39.4. The Morgan fingerprint density at radius 1 is 0.845 bits per heavy atom. The van der Waals surface area contributed by atoms with Crippen LogP contribution in [0.4, 0.5) is 11.5 Å². The number of rotatable bonds is 11. The summed E-state index contributed by atoms with van der Waals surface area (Å²) in [6, 6.07) is 11.5. The molecule has 4 aromatic rings. The van der Waals surface area contributed by atoms with Gasteiger partial charge in [0.15, 0.2) is 0 Å². The zero-order valence-corrected chi connectivity index (χ0v) is 34.3.